The van der Waals surface area contributed by atoms with E-state index in [4.69, 9.17) is 5.73 Å². The monoisotopic (exact) mass is 232 g/mol. The minimum atomic E-state index is 0.578. The van der Waals surface area contributed by atoms with Crippen LogP contribution in [-0.4, -0.2) is 24.0 Å². The Hall–Kier alpha value is -1.28. The predicted molar refractivity (Wildman–Crippen MR) is 76.1 cm³/mol. The van der Waals surface area contributed by atoms with Crippen molar-refractivity contribution in [2.75, 3.05) is 18.8 Å². The van der Waals surface area contributed by atoms with Crippen molar-refractivity contribution >= 4 is 5.69 Å². The Morgan fingerprint density at radius 2 is 2.18 bits per heavy atom. The van der Waals surface area contributed by atoms with Crippen LogP contribution in [0.2, 0.25) is 0 Å². The zero-order valence-electron chi connectivity index (χ0n) is 11.0. The maximum atomic E-state index is 5.76. The van der Waals surface area contributed by atoms with E-state index >= 15 is 0 Å². The number of aryl methyl sites for hydroxylation is 1. The second-order valence-corrected chi connectivity index (χ2v) is 4.73. The standard InChI is InChI=1S/C15H24N2/c1-4-10-17(13(2)3)11-6-8-14-7-5-9-15(16)12-14/h4-5,7,9,12-13H,1,6,8,10-11,16H2,2-3H3. The average Bonchev–Trinajstić information content (AvgIpc) is 2.28. The second kappa shape index (κ2) is 7.13. The summed E-state index contributed by atoms with van der Waals surface area (Å²) in [5, 5.41) is 0. The highest BCUT2D eigenvalue weighted by molar-refractivity contribution is 5.40. The van der Waals surface area contributed by atoms with E-state index in [9.17, 15) is 0 Å². The van der Waals surface area contributed by atoms with Crippen molar-refractivity contribution in [2.24, 2.45) is 0 Å². The van der Waals surface area contributed by atoms with Gasteiger partial charge in [0.1, 0.15) is 0 Å². The number of anilines is 1. The SMILES string of the molecule is C=CCN(CCCc1cccc(N)c1)C(C)C. The maximum absolute atomic E-state index is 5.76. The largest absolute Gasteiger partial charge is 0.399 e. The Labute approximate surface area is 105 Å². The second-order valence-electron chi connectivity index (χ2n) is 4.73. The minimum Gasteiger partial charge on any atom is -0.399 e. The Morgan fingerprint density at radius 1 is 1.41 bits per heavy atom. The number of benzene rings is 1. The van der Waals surface area contributed by atoms with Crippen LogP contribution in [0, 0.1) is 0 Å². The van der Waals surface area contributed by atoms with Crippen molar-refractivity contribution in [3.05, 3.63) is 42.5 Å². The summed E-state index contributed by atoms with van der Waals surface area (Å²) in [7, 11) is 0. The molecule has 0 aromatic heterocycles. The highest BCUT2D eigenvalue weighted by Crippen LogP contribution is 2.10. The molecule has 1 aromatic carbocycles. The van der Waals surface area contributed by atoms with E-state index in [1.807, 2.05) is 18.2 Å². The summed E-state index contributed by atoms with van der Waals surface area (Å²) in [5.74, 6) is 0. The highest BCUT2D eigenvalue weighted by Gasteiger charge is 2.06. The maximum Gasteiger partial charge on any atom is 0.0316 e. The number of nitrogens with two attached hydrogens (primary N) is 1. The summed E-state index contributed by atoms with van der Waals surface area (Å²) in [6, 6.07) is 8.74. The molecule has 0 spiro atoms. The van der Waals surface area contributed by atoms with E-state index in [1.165, 1.54) is 5.56 Å². The predicted octanol–water partition coefficient (Wildman–Crippen LogP) is 3.10. The number of rotatable bonds is 7. The summed E-state index contributed by atoms with van der Waals surface area (Å²) in [6.07, 6.45) is 4.22. The van der Waals surface area contributed by atoms with Crippen molar-refractivity contribution in [1.82, 2.24) is 4.90 Å². The van der Waals surface area contributed by atoms with Crippen LogP contribution in [-0.2, 0) is 6.42 Å². The summed E-state index contributed by atoms with van der Waals surface area (Å²) in [4.78, 5) is 2.43. The number of hydrogen-bond acceptors (Lipinski definition) is 2. The van der Waals surface area contributed by atoms with E-state index in [-0.39, 0.29) is 0 Å². The molecule has 0 amide bonds. The molecule has 0 radical (unpaired) electrons. The Kier molecular flexibility index (Phi) is 5.78. The Bertz CT molecular complexity index is 345. The van der Waals surface area contributed by atoms with Gasteiger partial charge in [-0.15, -0.1) is 6.58 Å². The van der Waals surface area contributed by atoms with Crippen LogP contribution < -0.4 is 5.73 Å². The fourth-order valence-electron chi connectivity index (χ4n) is 1.96. The molecule has 0 unspecified atom stereocenters. The van der Waals surface area contributed by atoms with Crippen LogP contribution in [0.25, 0.3) is 0 Å². The summed E-state index contributed by atoms with van der Waals surface area (Å²) in [6.45, 7) is 10.3. The number of nitrogens with zero attached hydrogens (tertiary/aromatic N) is 1. The lowest BCUT2D eigenvalue weighted by Gasteiger charge is -2.24. The first kappa shape index (κ1) is 13.8. The van der Waals surface area contributed by atoms with Gasteiger partial charge in [0.05, 0.1) is 0 Å². The number of hydrogen-bond donors (Lipinski definition) is 1. The van der Waals surface area contributed by atoms with Crippen LogP contribution in [0.15, 0.2) is 36.9 Å². The Balaban J connectivity index is 2.38. The van der Waals surface area contributed by atoms with Crippen molar-refractivity contribution in [3.63, 3.8) is 0 Å². The van der Waals surface area contributed by atoms with E-state index in [2.05, 4.69) is 37.5 Å². The summed E-state index contributed by atoms with van der Waals surface area (Å²) < 4.78 is 0. The van der Waals surface area contributed by atoms with E-state index < -0.39 is 0 Å². The van der Waals surface area contributed by atoms with Crippen LogP contribution >= 0.6 is 0 Å². The highest BCUT2D eigenvalue weighted by atomic mass is 15.1. The molecule has 0 atom stereocenters. The molecular weight excluding hydrogens is 208 g/mol. The van der Waals surface area contributed by atoms with E-state index in [1.54, 1.807) is 0 Å². The first-order chi connectivity index (χ1) is 8.13. The fraction of sp³-hybridized carbons (Fsp3) is 0.467. The molecule has 0 saturated heterocycles. The van der Waals surface area contributed by atoms with Crippen molar-refractivity contribution in [3.8, 4) is 0 Å². The third-order valence-electron chi connectivity index (χ3n) is 2.96. The molecule has 2 N–H and O–H groups in total. The lowest BCUT2D eigenvalue weighted by atomic mass is 10.1. The number of nitrogen functional groups attached to an aromatic ring is 1. The molecule has 2 nitrogen and oxygen atoms in total. The third kappa shape index (κ3) is 5.05. The topological polar surface area (TPSA) is 29.3 Å². The molecule has 0 aliphatic heterocycles. The molecule has 0 fully saturated rings. The molecule has 0 aliphatic rings. The minimum absolute atomic E-state index is 0.578. The summed E-state index contributed by atoms with van der Waals surface area (Å²) >= 11 is 0. The van der Waals surface area contributed by atoms with Crippen molar-refractivity contribution in [2.45, 2.75) is 32.7 Å². The molecule has 0 saturated carbocycles. The summed E-state index contributed by atoms with van der Waals surface area (Å²) in [5.41, 5.74) is 7.94. The van der Waals surface area contributed by atoms with Crippen LogP contribution in [0.3, 0.4) is 0 Å². The van der Waals surface area contributed by atoms with Gasteiger partial charge >= 0.3 is 0 Å². The van der Waals surface area contributed by atoms with Gasteiger partial charge in [-0.1, -0.05) is 18.2 Å². The zero-order chi connectivity index (χ0) is 12.7. The quantitative estimate of drug-likeness (QED) is 0.578. The smallest absolute Gasteiger partial charge is 0.0316 e. The van der Waals surface area contributed by atoms with Gasteiger partial charge in [0.15, 0.2) is 0 Å². The molecule has 1 rings (SSSR count). The van der Waals surface area contributed by atoms with Gasteiger partial charge in [-0.3, -0.25) is 4.90 Å². The van der Waals surface area contributed by atoms with Crippen LogP contribution in [0.5, 0.6) is 0 Å². The lowest BCUT2D eigenvalue weighted by Crippen LogP contribution is -2.32. The molecule has 17 heavy (non-hydrogen) atoms. The van der Waals surface area contributed by atoms with Gasteiger partial charge in [0, 0.05) is 18.3 Å². The molecule has 2 heteroatoms. The third-order valence-corrected chi connectivity index (χ3v) is 2.96. The van der Waals surface area contributed by atoms with Gasteiger partial charge in [0.2, 0.25) is 0 Å². The van der Waals surface area contributed by atoms with Gasteiger partial charge in [-0.2, -0.15) is 0 Å². The van der Waals surface area contributed by atoms with Gasteiger partial charge in [-0.05, 0) is 50.9 Å². The first-order valence-corrected chi connectivity index (χ1v) is 6.33. The Morgan fingerprint density at radius 3 is 2.76 bits per heavy atom. The van der Waals surface area contributed by atoms with Gasteiger partial charge in [0.25, 0.3) is 0 Å². The molecule has 94 valence electrons. The molecule has 1 aromatic rings. The van der Waals surface area contributed by atoms with Crippen molar-refractivity contribution in [1.29, 1.82) is 0 Å². The lowest BCUT2D eigenvalue weighted by molar-refractivity contribution is 0.243. The van der Waals surface area contributed by atoms with Crippen LogP contribution in [0.1, 0.15) is 25.8 Å². The first-order valence-electron chi connectivity index (χ1n) is 6.33. The molecule has 0 heterocycles. The van der Waals surface area contributed by atoms with E-state index in [0.29, 0.717) is 6.04 Å². The molecule has 0 bridgehead atoms. The van der Waals surface area contributed by atoms with Gasteiger partial charge < -0.3 is 5.73 Å². The van der Waals surface area contributed by atoms with Crippen molar-refractivity contribution < 1.29 is 0 Å². The zero-order valence-corrected chi connectivity index (χ0v) is 11.0. The average molecular weight is 232 g/mol. The van der Waals surface area contributed by atoms with Crippen LogP contribution in [0.4, 0.5) is 5.69 Å². The van der Waals surface area contributed by atoms with E-state index in [0.717, 1.165) is 31.6 Å². The van der Waals surface area contributed by atoms with Gasteiger partial charge in [-0.25, -0.2) is 0 Å². The fourth-order valence-corrected chi connectivity index (χ4v) is 1.96. The normalized spacial score (nSPS) is 11.1. The molecular formula is C15H24N2. The molecule has 0 aliphatic carbocycles.